The molecule has 0 atom stereocenters. The van der Waals surface area contributed by atoms with Gasteiger partial charge in [-0.25, -0.2) is 0 Å². The van der Waals surface area contributed by atoms with Gasteiger partial charge >= 0.3 is 0 Å². The Morgan fingerprint density at radius 3 is 2.86 bits per heavy atom. The lowest BCUT2D eigenvalue weighted by molar-refractivity contribution is 0.0950. The zero-order valence-electron chi connectivity index (χ0n) is 16.2. The van der Waals surface area contributed by atoms with E-state index in [4.69, 9.17) is 10.4 Å². The molecule has 1 saturated carbocycles. The van der Waals surface area contributed by atoms with Crippen LogP contribution in [0.4, 0.5) is 0 Å². The topological polar surface area (TPSA) is 74.0 Å². The Bertz CT molecular complexity index is 875. The number of aryl methyl sites for hydroxylation is 1. The van der Waals surface area contributed by atoms with Crippen molar-refractivity contribution in [2.45, 2.75) is 64.2 Å². The van der Waals surface area contributed by atoms with E-state index < -0.39 is 0 Å². The number of carbonyl (C=O) groups is 1. The number of hydrogen-bond donors (Lipinski definition) is 1. The van der Waals surface area contributed by atoms with Gasteiger partial charge in [0.1, 0.15) is 0 Å². The monoisotopic (exact) mass is 377 g/mol. The first-order valence-electron chi connectivity index (χ1n) is 10.3. The van der Waals surface area contributed by atoms with Crippen LogP contribution in [0.2, 0.25) is 0 Å². The zero-order valence-corrected chi connectivity index (χ0v) is 16.2. The van der Waals surface area contributed by atoms with E-state index in [9.17, 15) is 4.79 Å². The number of rotatable bonds is 4. The third-order valence-electron chi connectivity index (χ3n) is 5.87. The van der Waals surface area contributed by atoms with Gasteiger partial charge in [0.25, 0.3) is 5.91 Å². The second kappa shape index (κ2) is 8.57. The van der Waals surface area contributed by atoms with Crippen LogP contribution in [-0.4, -0.2) is 33.2 Å². The second-order valence-electron chi connectivity index (χ2n) is 7.84. The highest BCUT2D eigenvalue weighted by Gasteiger charge is 2.24. The van der Waals surface area contributed by atoms with Crippen LogP contribution >= 0.6 is 0 Å². The van der Waals surface area contributed by atoms with E-state index in [1.165, 1.54) is 37.8 Å². The van der Waals surface area contributed by atoms with Gasteiger partial charge in [-0.3, -0.25) is 14.4 Å². The molecule has 2 aliphatic rings. The fourth-order valence-corrected chi connectivity index (χ4v) is 4.39. The highest BCUT2D eigenvalue weighted by Crippen LogP contribution is 2.26. The quantitative estimate of drug-likeness (QED) is 0.888. The summed E-state index contributed by atoms with van der Waals surface area (Å²) in [4.78, 5) is 15.0. The van der Waals surface area contributed by atoms with Gasteiger partial charge in [-0.05, 0) is 43.5 Å². The average Bonchev–Trinajstić information content (AvgIpc) is 3.02. The van der Waals surface area contributed by atoms with Crippen LogP contribution in [0, 0.1) is 11.3 Å². The maximum atomic E-state index is 12.4. The predicted octanol–water partition coefficient (Wildman–Crippen LogP) is 3.22. The van der Waals surface area contributed by atoms with Gasteiger partial charge in [-0.2, -0.15) is 10.4 Å². The molecule has 0 radical (unpaired) electrons. The molecule has 1 N–H and O–H groups in total. The molecule has 1 aliphatic heterocycles. The molecule has 0 spiro atoms. The minimum absolute atomic E-state index is 0.177. The number of hydrogen-bond acceptors (Lipinski definition) is 4. The molecule has 1 aliphatic carbocycles. The maximum Gasteiger partial charge on any atom is 0.251 e. The Balaban J connectivity index is 1.39. The van der Waals surface area contributed by atoms with E-state index >= 15 is 0 Å². The SMILES string of the molecule is N#Cc1cccc(C(=O)NCc2cc3n(n2)CCCN(C2CCCCC2)C3)c1. The number of nitrogens with zero attached hydrogens (tertiary/aromatic N) is 4. The Morgan fingerprint density at radius 2 is 2.04 bits per heavy atom. The molecule has 28 heavy (non-hydrogen) atoms. The fourth-order valence-electron chi connectivity index (χ4n) is 4.39. The Hall–Kier alpha value is -2.65. The van der Waals surface area contributed by atoms with Crippen molar-refractivity contribution in [3.63, 3.8) is 0 Å². The van der Waals surface area contributed by atoms with E-state index in [2.05, 4.69) is 27.0 Å². The highest BCUT2D eigenvalue weighted by atomic mass is 16.1. The third kappa shape index (κ3) is 4.26. The first-order valence-corrected chi connectivity index (χ1v) is 10.3. The number of benzene rings is 1. The van der Waals surface area contributed by atoms with Crippen molar-refractivity contribution in [3.8, 4) is 6.07 Å². The highest BCUT2D eigenvalue weighted by molar-refractivity contribution is 5.94. The summed E-state index contributed by atoms with van der Waals surface area (Å²) in [5, 5.41) is 16.6. The molecule has 2 aromatic rings. The van der Waals surface area contributed by atoms with Crippen molar-refractivity contribution in [2.75, 3.05) is 6.54 Å². The van der Waals surface area contributed by atoms with Crippen LogP contribution in [0.1, 0.15) is 65.8 Å². The van der Waals surface area contributed by atoms with Gasteiger partial charge in [0, 0.05) is 31.2 Å². The van der Waals surface area contributed by atoms with E-state index in [0.29, 0.717) is 23.7 Å². The lowest BCUT2D eigenvalue weighted by atomic mass is 9.94. The van der Waals surface area contributed by atoms with E-state index in [1.807, 2.05) is 0 Å². The molecule has 2 heterocycles. The van der Waals surface area contributed by atoms with Crippen molar-refractivity contribution in [3.05, 3.63) is 52.8 Å². The second-order valence-corrected chi connectivity index (χ2v) is 7.84. The molecule has 1 aromatic carbocycles. The lowest BCUT2D eigenvalue weighted by Gasteiger charge is -2.33. The van der Waals surface area contributed by atoms with Crippen molar-refractivity contribution >= 4 is 5.91 Å². The number of nitriles is 1. The molecule has 4 rings (SSSR count). The van der Waals surface area contributed by atoms with Gasteiger partial charge < -0.3 is 5.32 Å². The summed E-state index contributed by atoms with van der Waals surface area (Å²) in [7, 11) is 0. The molecule has 0 unspecified atom stereocenters. The average molecular weight is 377 g/mol. The maximum absolute atomic E-state index is 12.4. The molecular weight excluding hydrogens is 350 g/mol. The lowest BCUT2D eigenvalue weighted by Crippen LogP contribution is -2.36. The first kappa shape index (κ1) is 18.7. The number of amides is 1. The molecule has 6 nitrogen and oxygen atoms in total. The summed E-state index contributed by atoms with van der Waals surface area (Å²) < 4.78 is 2.11. The van der Waals surface area contributed by atoms with E-state index in [-0.39, 0.29) is 5.91 Å². The molecular formula is C22H27N5O. The Kier molecular flexibility index (Phi) is 5.73. The first-order chi connectivity index (χ1) is 13.7. The van der Waals surface area contributed by atoms with E-state index in [1.54, 1.807) is 24.3 Å². The van der Waals surface area contributed by atoms with Gasteiger partial charge in [-0.15, -0.1) is 0 Å². The summed E-state index contributed by atoms with van der Waals surface area (Å²) in [6.45, 7) is 3.45. The molecule has 0 saturated heterocycles. The zero-order chi connectivity index (χ0) is 19.3. The van der Waals surface area contributed by atoms with Crippen molar-refractivity contribution in [1.82, 2.24) is 20.0 Å². The number of nitrogens with one attached hydrogen (secondary N) is 1. The van der Waals surface area contributed by atoms with Crippen LogP contribution in [0.25, 0.3) is 0 Å². The van der Waals surface area contributed by atoms with Crippen molar-refractivity contribution in [1.29, 1.82) is 5.26 Å². The van der Waals surface area contributed by atoms with Gasteiger partial charge in [0.15, 0.2) is 0 Å². The molecule has 146 valence electrons. The number of carbonyl (C=O) groups excluding carboxylic acids is 1. The summed E-state index contributed by atoms with van der Waals surface area (Å²) >= 11 is 0. The largest absolute Gasteiger partial charge is 0.346 e. The molecule has 1 aromatic heterocycles. The number of fused-ring (bicyclic) bond motifs is 1. The third-order valence-corrected chi connectivity index (χ3v) is 5.87. The molecule has 1 fully saturated rings. The smallest absolute Gasteiger partial charge is 0.251 e. The summed E-state index contributed by atoms with van der Waals surface area (Å²) in [6.07, 6.45) is 7.84. The normalized spacial score (nSPS) is 18.1. The van der Waals surface area contributed by atoms with Gasteiger partial charge in [0.2, 0.25) is 0 Å². The Morgan fingerprint density at radius 1 is 1.18 bits per heavy atom. The minimum Gasteiger partial charge on any atom is -0.346 e. The minimum atomic E-state index is -0.177. The van der Waals surface area contributed by atoms with Crippen LogP contribution in [-0.2, 0) is 19.6 Å². The van der Waals surface area contributed by atoms with Gasteiger partial charge in [0.05, 0.1) is 29.6 Å². The number of aromatic nitrogens is 2. The molecule has 6 heteroatoms. The molecule has 0 bridgehead atoms. The van der Waals surface area contributed by atoms with Crippen LogP contribution in [0.3, 0.4) is 0 Å². The van der Waals surface area contributed by atoms with E-state index in [0.717, 1.165) is 31.7 Å². The summed E-state index contributed by atoms with van der Waals surface area (Å²) in [5.41, 5.74) is 3.14. The molecule has 1 amide bonds. The standard InChI is InChI=1S/C22H27N5O/c23-14-17-6-4-7-18(12-17)22(28)24-15-19-13-21-16-26(10-5-11-27(21)25-19)20-8-2-1-3-9-20/h4,6-7,12-13,20H,1-3,5,8-11,15-16H2,(H,24,28). The van der Waals surface area contributed by atoms with Crippen LogP contribution in [0.5, 0.6) is 0 Å². The summed E-state index contributed by atoms with van der Waals surface area (Å²) in [5.74, 6) is -0.177. The fraction of sp³-hybridized carbons (Fsp3) is 0.500. The van der Waals surface area contributed by atoms with Gasteiger partial charge in [-0.1, -0.05) is 25.3 Å². The van der Waals surface area contributed by atoms with Crippen LogP contribution < -0.4 is 5.32 Å². The van der Waals surface area contributed by atoms with Crippen LogP contribution in [0.15, 0.2) is 30.3 Å². The predicted molar refractivity (Wildman–Crippen MR) is 106 cm³/mol. The van der Waals surface area contributed by atoms with Crippen molar-refractivity contribution in [2.24, 2.45) is 0 Å². The Labute approximate surface area is 166 Å². The van der Waals surface area contributed by atoms with Crippen molar-refractivity contribution < 1.29 is 4.79 Å². The summed E-state index contributed by atoms with van der Waals surface area (Å²) in [6, 6.07) is 11.7.